The molecule has 0 bridgehead atoms. The molecule has 0 heterocycles. The molecule has 0 radical (unpaired) electrons. The number of carbonyl (C=O) groups is 1. The molecular formula is C17H17N3O. The third-order valence-corrected chi connectivity index (χ3v) is 3.34. The van der Waals surface area contributed by atoms with E-state index in [-0.39, 0.29) is 5.91 Å². The second-order valence-electron chi connectivity index (χ2n) is 4.86. The van der Waals surface area contributed by atoms with Crippen molar-refractivity contribution in [2.75, 3.05) is 17.7 Å². The number of nitrogens with two attached hydrogens (primary N) is 1. The zero-order valence-corrected chi connectivity index (χ0v) is 11.9. The normalized spacial score (nSPS) is 9.90. The molecule has 2 N–H and O–H groups in total. The fourth-order valence-corrected chi connectivity index (χ4v) is 2.03. The highest BCUT2D eigenvalue weighted by molar-refractivity contribution is 5.93. The molecular weight excluding hydrogens is 262 g/mol. The molecule has 0 saturated carbocycles. The van der Waals surface area contributed by atoms with Crippen molar-refractivity contribution in [3.8, 4) is 6.07 Å². The molecule has 106 valence electrons. The van der Waals surface area contributed by atoms with Crippen molar-refractivity contribution in [2.24, 2.45) is 0 Å². The summed E-state index contributed by atoms with van der Waals surface area (Å²) in [6, 6.07) is 16.6. The predicted octanol–water partition coefficient (Wildman–Crippen LogP) is 2.74. The van der Waals surface area contributed by atoms with Gasteiger partial charge in [-0.15, -0.1) is 0 Å². The lowest BCUT2D eigenvalue weighted by Crippen LogP contribution is -2.26. The summed E-state index contributed by atoms with van der Waals surface area (Å²) in [6.45, 7) is 0. The van der Waals surface area contributed by atoms with Crippen LogP contribution in [0.2, 0.25) is 0 Å². The van der Waals surface area contributed by atoms with Gasteiger partial charge in [-0.3, -0.25) is 4.79 Å². The number of benzene rings is 2. The van der Waals surface area contributed by atoms with Gasteiger partial charge in [0.25, 0.3) is 0 Å². The Balaban J connectivity index is 1.99. The summed E-state index contributed by atoms with van der Waals surface area (Å²) in [4.78, 5) is 13.8. The van der Waals surface area contributed by atoms with E-state index in [9.17, 15) is 4.79 Å². The number of rotatable bonds is 4. The Bertz CT molecular complexity index is 671. The van der Waals surface area contributed by atoms with Gasteiger partial charge in [0.05, 0.1) is 11.6 Å². The fourth-order valence-electron chi connectivity index (χ4n) is 2.03. The molecule has 2 aromatic rings. The van der Waals surface area contributed by atoms with Gasteiger partial charge < -0.3 is 10.6 Å². The van der Waals surface area contributed by atoms with Crippen LogP contribution in [0.15, 0.2) is 48.5 Å². The third kappa shape index (κ3) is 3.83. The highest BCUT2D eigenvalue weighted by atomic mass is 16.2. The minimum absolute atomic E-state index is 0.0157. The summed E-state index contributed by atoms with van der Waals surface area (Å²) in [5.41, 5.74) is 8.71. The quantitative estimate of drug-likeness (QED) is 0.875. The molecule has 0 spiro atoms. The summed E-state index contributed by atoms with van der Waals surface area (Å²) in [7, 11) is 1.72. The topological polar surface area (TPSA) is 70.1 Å². The average molecular weight is 279 g/mol. The van der Waals surface area contributed by atoms with Gasteiger partial charge in [0.2, 0.25) is 5.91 Å². The number of amides is 1. The molecule has 0 aliphatic heterocycles. The predicted molar refractivity (Wildman–Crippen MR) is 83.7 cm³/mol. The number of nitriles is 1. The lowest BCUT2D eigenvalue weighted by molar-refractivity contribution is -0.118. The smallest absolute Gasteiger partial charge is 0.227 e. The van der Waals surface area contributed by atoms with Gasteiger partial charge in [0.1, 0.15) is 0 Å². The maximum Gasteiger partial charge on any atom is 0.227 e. The SMILES string of the molecule is CN(C(=O)CCc1ccc(N)cc1)c1cccc(C#N)c1. The van der Waals surface area contributed by atoms with Crippen molar-refractivity contribution in [3.05, 3.63) is 59.7 Å². The highest BCUT2D eigenvalue weighted by Gasteiger charge is 2.11. The van der Waals surface area contributed by atoms with E-state index in [2.05, 4.69) is 6.07 Å². The van der Waals surface area contributed by atoms with Crippen LogP contribution in [0.1, 0.15) is 17.5 Å². The molecule has 0 fully saturated rings. The van der Waals surface area contributed by atoms with E-state index in [1.165, 1.54) is 0 Å². The molecule has 2 rings (SSSR count). The third-order valence-electron chi connectivity index (χ3n) is 3.34. The van der Waals surface area contributed by atoms with Gasteiger partial charge in [-0.05, 0) is 42.3 Å². The van der Waals surface area contributed by atoms with E-state index >= 15 is 0 Å². The van der Waals surface area contributed by atoms with Crippen LogP contribution in [-0.2, 0) is 11.2 Å². The van der Waals surface area contributed by atoms with Crippen LogP contribution in [0.5, 0.6) is 0 Å². The summed E-state index contributed by atoms with van der Waals surface area (Å²) < 4.78 is 0. The van der Waals surface area contributed by atoms with Crippen LogP contribution in [0.4, 0.5) is 11.4 Å². The second kappa shape index (κ2) is 6.58. The summed E-state index contributed by atoms with van der Waals surface area (Å²) in [5.74, 6) is 0.0157. The first kappa shape index (κ1) is 14.6. The van der Waals surface area contributed by atoms with Crippen LogP contribution in [0.25, 0.3) is 0 Å². The number of carbonyl (C=O) groups excluding carboxylic acids is 1. The van der Waals surface area contributed by atoms with Crippen molar-refractivity contribution < 1.29 is 4.79 Å². The van der Waals surface area contributed by atoms with Crippen molar-refractivity contribution in [1.82, 2.24) is 0 Å². The first-order valence-electron chi connectivity index (χ1n) is 6.71. The van der Waals surface area contributed by atoms with Gasteiger partial charge in [0.15, 0.2) is 0 Å². The van der Waals surface area contributed by atoms with Gasteiger partial charge >= 0.3 is 0 Å². The van der Waals surface area contributed by atoms with Crippen molar-refractivity contribution >= 4 is 17.3 Å². The molecule has 4 heteroatoms. The van der Waals surface area contributed by atoms with Crippen LogP contribution in [-0.4, -0.2) is 13.0 Å². The zero-order valence-electron chi connectivity index (χ0n) is 11.9. The maximum absolute atomic E-state index is 12.2. The Morgan fingerprint density at radius 1 is 1.24 bits per heavy atom. The molecule has 0 aromatic heterocycles. The molecule has 1 amide bonds. The standard InChI is InChI=1S/C17H17N3O/c1-20(16-4-2-3-14(11-16)12-18)17(21)10-7-13-5-8-15(19)9-6-13/h2-6,8-9,11H,7,10,19H2,1H3. The zero-order chi connectivity index (χ0) is 15.2. The van der Waals surface area contributed by atoms with E-state index in [1.54, 1.807) is 30.1 Å². The number of nitrogens with zero attached hydrogens (tertiary/aromatic N) is 2. The molecule has 0 aliphatic carbocycles. The van der Waals surface area contributed by atoms with Crippen LogP contribution in [0, 0.1) is 11.3 Å². The molecule has 0 aliphatic rings. The van der Waals surface area contributed by atoms with Crippen molar-refractivity contribution in [2.45, 2.75) is 12.8 Å². The van der Waals surface area contributed by atoms with Crippen LogP contribution >= 0.6 is 0 Å². The Morgan fingerprint density at radius 3 is 2.62 bits per heavy atom. The van der Waals surface area contributed by atoms with Crippen LogP contribution in [0.3, 0.4) is 0 Å². The van der Waals surface area contributed by atoms with Gasteiger partial charge in [0, 0.05) is 24.8 Å². The molecule has 0 unspecified atom stereocenters. The minimum Gasteiger partial charge on any atom is -0.399 e. The molecule has 0 atom stereocenters. The molecule has 21 heavy (non-hydrogen) atoms. The number of anilines is 2. The summed E-state index contributed by atoms with van der Waals surface area (Å²) >= 11 is 0. The van der Waals surface area contributed by atoms with Crippen molar-refractivity contribution in [3.63, 3.8) is 0 Å². The van der Waals surface area contributed by atoms with Gasteiger partial charge in [-0.25, -0.2) is 0 Å². The number of hydrogen-bond donors (Lipinski definition) is 1. The largest absolute Gasteiger partial charge is 0.399 e. The summed E-state index contributed by atoms with van der Waals surface area (Å²) in [5, 5.41) is 8.89. The van der Waals surface area contributed by atoms with E-state index in [1.807, 2.05) is 30.3 Å². The Kier molecular flexibility index (Phi) is 4.57. The first-order valence-corrected chi connectivity index (χ1v) is 6.71. The average Bonchev–Trinajstić information content (AvgIpc) is 2.53. The summed E-state index contributed by atoms with van der Waals surface area (Å²) in [6.07, 6.45) is 1.08. The Hall–Kier alpha value is -2.80. The van der Waals surface area contributed by atoms with Crippen LogP contribution < -0.4 is 10.6 Å². The number of aryl methyl sites for hydroxylation is 1. The van der Waals surface area contributed by atoms with Crippen molar-refractivity contribution in [1.29, 1.82) is 5.26 Å². The first-order chi connectivity index (χ1) is 10.1. The lowest BCUT2D eigenvalue weighted by atomic mass is 10.1. The molecule has 4 nitrogen and oxygen atoms in total. The van der Waals surface area contributed by atoms with Gasteiger partial charge in [-0.2, -0.15) is 5.26 Å². The minimum atomic E-state index is 0.0157. The molecule has 0 saturated heterocycles. The van der Waals surface area contributed by atoms with Gasteiger partial charge in [-0.1, -0.05) is 18.2 Å². The van der Waals surface area contributed by atoms with E-state index in [0.717, 1.165) is 16.9 Å². The maximum atomic E-state index is 12.2. The molecule has 2 aromatic carbocycles. The van der Waals surface area contributed by atoms with E-state index in [4.69, 9.17) is 11.0 Å². The van der Waals surface area contributed by atoms with E-state index < -0.39 is 0 Å². The Labute approximate surface area is 124 Å². The second-order valence-corrected chi connectivity index (χ2v) is 4.86. The van der Waals surface area contributed by atoms with E-state index in [0.29, 0.717) is 18.4 Å². The monoisotopic (exact) mass is 279 g/mol. The number of hydrogen-bond acceptors (Lipinski definition) is 3. The number of nitrogen functional groups attached to an aromatic ring is 1. The lowest BCUT2D eigenvalue weighted by Gasteiger charge is -2.17. The highest BCUT2D eigenvalue weighted by Crippen LogP contribution is 2.16. The Morgan fingerprint density at radius 2 is 1.95 bits per heavy atom. The fraction of sp³-hybridized carbons (Fsp3) is 0.176.